The molecule has 1 aromatic carbocycles. The van der Waals surface area contributed by atoms with Gasteiger partial charge < -0.3 is 13.9 Å². The highest BCUT2D eigenvalue weighted by Gasteiger charge is 2.40. The highest BCUT2D eigenvalue weighted by Crippen LogP contribution is 2.43. The summed E-state index contributed by atoms with van der Waals surface area (Å²) in [5.41, 5.74) is -0.113. The minimum Gasteiger partial charge on any atom is -0.539 e. The van der Waals surface area contributed by atoms with Crippen molar-refractivity contribution in [2.45, 2.75) is 38.9 Å². The third-order valence-electron chi connectivity index (χ3n) is 3.83. The van der Waals surface area contributed by atoms with Crippen molar-refractivity contribution >= 4 is 14.0 Å². The molecule has 0 N–H and O–H groups in total. The Morgan fingerprint density at radius 2 is 1.52 bits per heavy atom. The van der Waals surface area contributed by atoms with Crippen LogP contribution in [0.1, 0.15) is 20.8 Å². The van der Waals surface area contributed by atoms with Gasteiger partial charge in [0, 0.05) is 6.07 Å². The predicted molar refractivity (Wildman–Crippen MR) is 84.0 cm³/mol. The van der Waals surface area contributed by atoms with E-state index in [9.17, 15) is 10.1 Å². The Labute approximate surface area is 126 Å². The topological polar surface area (TPSA) is 70.8 Å². The van der Waals surface area contributed by atoms with Crippen LogP contribution in [0.4, 0.5) is 5.69 Å². The lowest BCUT2D eigenvalue weighted by Crippen LogP contribution is -2.44. The third-order valence-corrected chi connectivity index (χ3v) is 8.18. The molecule has 6 nitrogen and oxygen atoms in total. The molecular formula is C14H23NO5Si. The summed E-state index contributed by atoms with van der Waals surface area (Å²) < 4.78 is 16.4. The Kier molecular flexibility index (Phi) is 4.88. The van der Waals surface area contributed by atoms with Crippen molar-refractivity contribution in [1.29, 1.82) is 0 Å². The van der Waals surface area contributed by atoms with Gasteiger partial charge in [-0.2, -0.15) is 0 Å². The molecule has 0 radical (unpaired) electrons. The molecular weight excluding hydrogens is 290 g/mol. The molecule has 21 heavy (non-hydrogen) atoms. The summed E-state index contributed by atoms with van der Waals surface area (Å²) in [6.07, 6.45) is 0. The molecule has 1 aromatic rings. The number of nitro benzene ring substituents is 1. The van der Waals surface area contributed by atoms with Crippen molar-refractivity contribution in [3.63, 3.8) is 0 Å². The fourth-order valence-electron chi connectivity index (χ4n) is 1.50. The Bertz CT molecular complexity index is 537. The second kappa shape index (κ2) is 5.93. The van der Waals surface area contributed by atoms with Crippen molar-refractivity contribution in [1.82, 2.24) is 0 Å². The molecule has 0 bridgehead atoms. The lowest BCUT2D eigenvalue weighted by molar-refractivity contribution is -0.385. The molecule has 0 aromatic heterocycles. The maximum atomic E-state index is 11.3. The largest absolute Gasteiger partial charge is 0.539 e. The zero-order valence-corrected chi connectivity index (χ0v) is 14.6. The SMILES string of the molecule is COc1cc(O[Si](C)(C)C(C)(C)C)c([N+](=O)[O-])cc1OC. The standard InChI is InChI=1S/C14H23NO5Si/c1-14(2,3)21(6,7)20-11-9-13(19-5)12(18-4)8-10(11)15(16)17/h8-9H,1-7H3. The number of nitro groups is 1. The molecule has 0 saturated carbocycles. The van der Waals surface area contributed by atoms with E-state index in [0.717, 1.165) is 0 Å². The van der Waals surface area contributed by atoms with Crippen LogP contribution in [0.25, 0.3) is 0 Å². The predicted octanol–water partition coefficient (Wildman–Crippen LogP) is 4.00. The molecule has 0 saturated heterocycles. The van der Waals surface area contributed by atoms with Gasteiger partial charge in [-0.15, -0.1) is 0 Å². The van der Waals surface area contributed by atoms with Gasteiger partial charge in [0.2, 0.25) is 0 Å². The maximum absolute atomic E-state index is 11.3. The summed E-state index contributed by atoms with van der Waals surface area (Å²) >= 11 is 0. The summed E-state index contributed by atoms with van der Waals surface area (Å²) in [5.74, 6) is 0.952. The van der Waals surface area contributed by atoms with Crippen LogP contribution in [0.3, 0.4) is 0 Å². The van der Waals surface area contributed by atoms with Crippen molar-refractivity contribution in [3.8, 4) is 17.2 Å². The van der Waals surface area contributed by atoms with E-state index in [0.29, 0.717) is 11.5 Å². The average molecular weight is 313 g/mol. The lowest BCUT2D eigenvalue weighted by atomic mass is 10.2. The molecule has 0 aliphatic carbocycles. The van der Waals surface area contributed by atoms with E-state index >= 15 is 0 Å². The number of methoxy groups -OCH3 is 2. The first-order chi connectivity index (χ1) is 9.53. The van der Waals surface area contributed by atoms with Crippen LogP contribution in [-0.2, 0) is 0 Å². The van der Waals surface area contributed by atoms with E-state index < -0.39 is 13.2 Å². The molecule has 0 fully saturated rings. The van der Waals surface area contributed by atoms with Gasteiger partial charge in [-0.1, -0.05) is 20.8 Å². The van der Waals surface area contributed by atoms with Gasteiger partial charge in [-0.25, -0.2) is 0 Å². The molecule has 0 heterocycles. The normalized spacial score (nSPS) is 12.0. The second-order valence-electron chi connectivity index (χ2n) is 6.29. The summed E-state index contributed by atoms with van der Waals surface area (Å²) in [4.78, 5) is 10.8. The highest BCUT2D eigenvalue weighted by molar-refractivity contribution is 6.74. The number of hydrogen-bond donors (Lipinski definition) is 0. The van der Waals surface area contributed by atoms with E-state index in [1.807, 2.05) is 13.1 Å². The summed E-state index contributed by atoms with van der Waals surface area (Å²) in [7, 11) is 0.739. The van der Waals surface area contributed by atoms with Crippen LogP contribution >= 0.6 is 0 Å². The Morgan fingerprint density at radius 1 is 1.05 bits per heavy atom. The minimum atomic E-state index is -2.19. The first-order valence-corrected chi connectivity index (χ1v) is 9.53. The van der Waals surface area contributed by atoms with Gasteiger partial charge in [-0.05, 0) is 18.1 Å². The molecule has 0 unspecified atom stereocenters. The molecule has 7 heteroatoms. The van der Waals surface area contributed by atoms with Crippen molar-refractivity contribution in [2.24, 2.45) is 0 Å². The average Bonchev–Trinajstić information content (AvgIpc) is 2.36. The summed E-state index contributed by atoms with van der Waals surface area (Å²) in [5, 5.41) is 11.2. The van der Waals surface area contributed by atoms with Gasteiger partial charge >= 0.3 is 5.69 Å². The molecule has 0 aliphatic rings. The summed E-state index contributed by atoms with van der Waals surface area (Å²) in [6, 6.07) is 2.86. The van der Waals surface area contributed by atoms with Crippen LogP contribution in [0, 0.1) is 10.1 Å². The molecule has 0 amide bonds. The third kappa shape index (κ3) is 3.66. The first-order valence-electron chi connectivity index (χ1n) is 6.63. The molecule has 0 atom stereocenters. The molecule has 1 rings (SSSR count). The fourth-order valence-corrected chi connectivity index (χ4v) is 2.52. The van der Waals surface area contributed by atoms with Crippen LogP contribution in [0.15, 0.2) is 12.1 Å². The van der Waals surface area contributed by atoms with Crippen LogP contribution in [0.2, 0.25) is 18.1 Å². The van der Waals surface area contributed by atoms with Gasteiger partial charge in [0.05, 0.1) is 25.2 Å². The molecule has 0 aliphatic heterocycles. The van der Waals surface area contributed by atoms with Crippen molar-refractivity contribution in [3.05, 3.63) is 22.2 Å². The van der Waals surface area contributed by atoms with Gasteiger partial charge in [0.1, 0.15) is 0 Å². The van der Waals surface area contributed by atoms with E-state index in [4.69, 9.17) is 13.9 Å². The van der Waals surface area contributed by atoms with Crippen molar-refractivity contribution < 1.29 is 18.8 Å². The Morgan fingerprint density at radius 3 is 1.90 bits per heavy atom. The van der Waals surface area contributed by atoms with Gasteiger partial charge in [-0.3, -0.25) is 10.1 Å². The van der Waals surface area contributed by atoms with E-state index in [1.165, 1.54) is 26.4 Å². The second-order valence-corrected chi connectivity index (χ2v) is 11.0. The number of benzene rings is 1. The van der Waals surface area contributed by atoms with Crippen molar-refractivity contribution in [2.75, 3.05) is 14.2 Å². The maximum Gasteiger partial charge on any atom is 0.313 e. The Balaban J connectivity index is 3.37. The van der Waals surface area contributed by atoms with Crippen LogP contribution in [0.5, 0.6) is 17.2 Å². The van der Waals surface area contributed by atoms with Crippen LogP contribution in [-0.4, -0.2) is 27.5 Å². The van der Waals surface area contributed by atoms with Gasteiger partial charge in [0.25, 0.3) is 8.32 Å². The van der Waals surface area contributed by atoms with Crippen LogP contribution < -0.4 is 13.9 Å². The highest BCUT2D eigenvalue weighted by atomic mass is 28.4. The minimum absolute atomic E-state index is 0.0615. The van der Waals surface area contributed by atoms with E-state index in [1.54, 1.807) is 0 Å². The first kappa shape index (κ1) is 17.3. The number of ether oxygens (including phenoxy) is 2. The lowest BCUT2D eigenvalue weighted by Gasteiger charge is -2.36. The number of nitrogens with zero attached hydrogens (tertiary/aromatic N) is 1. The zero-order chi connectivity index (χ0) is 16.4. The monoisotopic (exact) mass is 313 g/mol. The fraction of sp³-hybridized carbons (Fsp3) is 0.571. The van der Waals surface area contributed by atoms with E-state index in [2.05, 4.69) is 20.8 Å². The number of hydrogen-bond acceptors (Lipinski definition) is 5. The molecule has 118 valence electrons. The zero-order valence-electron chi connectivity index (χ0n) is 13.6. The smallest absolute Gasteiger partial charge is 0.313 e. The molecule has 0 spiro atoms. The Hall–Kier alpha value is -1.76. The summed E-state index contributed by atoms with van der Waals surface area (Å²) in [6.45, 7) is 10.3. The van der Waals surface area contributed by atoms with E-state index in [-0.39, 0.29) is 16.5 Å². The quantitative estimate of drug-likeness (QED) is 0.467. The number of rotatable bonds is 5. The van der Waals surface area contributed by atoms with Gasteiger partial charge in [0.15, 0.2) is 17.2 Å².